The highest BCUT2D eigenvalue weighted by Gasteiger charge is 2.20. The third kappa shape index (κ3) is 6.14. The molecule has 0 radical (unpaired) electrons. The van der Waals surface area contributed by atoms with Crippen molar-refractivity contribution in [2.24, 2.45) is 0 Å². The van der Waals surface area contributed by atoms with Crippen LogP contribution in [0.4, 0.5) is 0 Å². The summed E-state index contributed by atoms with van der Waals surface area (Å²) in [4.78, 5) is 25.8. The molecule has 25 heavy (non-hydrogen) atoms. The summed E-state index contributed by atoms with van der Waals surface area (Å²) in [6, 6.07) is 7.41. The van der Waals surface area contributed by atoms with Crippen LogP contribution in [-0.2, 0) is 25.4 Å². The Bertz CT molecular complexity index is 551. The maximum Gasteiger partial charge on any atom is 0.306 e. The molecule has 1 aliphatic heterocycles. The predicted octanol–water partition coefficient (Wildman–Crippen LogP) is 2.41. The molecule has 0 unspecified atom stereocenters. The highest BCUT2D eigenvalue weighted by Crippen LogP contribution is 2.13. The van der Waals surface area contributed by atoms with Crippen LogP contribution in [0.25, 0.3) is 0 Å². The molecule has 138 valence electrons. The number of carbonyl (C=O) groups is 2. The molecule has 1 amide bonds. The monoisotopic (exact) mass is 349 g/mol. The number of rotatable bonds is 9. The molecule has 0 spiro atoms. The molecule has 1 aromatic carbocycles. The number of amides is 1. The Balaban J connectivity index is 1.85. The van der Waals surface area contributed by atoms with Crippen molar-refractivity contribution in [2.75, 3.05) is 32.9 Å². The van der Waals surface area contributed by atoms with Gasteiger partial charge < -0.3 is 19.1 Å². The lowest BCUT2D eigenvalue weighted by atomic mass is 10.1. The first kappa shape index (κ1) is 19.4. The Morgan fingerprint density at radius 2 is 1.84 bits per heavy atom. The number of hydrogen-bond acceptors (Lipinski definition) is 5. The van der Waals surface area contributed by atoms with E-state index in [1.807, 2.05) is 31.2 Å². The van der Waals surface area contributed by atoms with Gasteiger partial charge in [0, 0.05) is 31.5 Å². The number of nitrogens with zero attached hydrogens (tertiary/aromatic N) is 1. The molecule has 0 saturated carbocycles. The van der Waals surface area contributed by atoms with Gasteiger partial charge in [-0.25, -0.2) is 0 Å². The number of aryl methyl sites for hydroxylation is 1. The first-order chi connectivity index (χ1) is 12.1. The van der Waals surface area contributed by atoms with Crippen molar-refractivity contribution < 1.29 is 23.8 Å². The minimum Gasteiger partial charge on any atom is -0.466 e. The van der Waals surface area contributed by atoms with Crippen molar-refractivity contribution in [3.8, 4) is 0 Å². The van der Waals surface area contributed by atoms with Gasteiger partial charge in [-0.05, 0) is 38.0 Å². The average Bonchev–Trinajstić information content (AvgIpc) is 3.14. The summed E-state index contributed by atoms with van der Waals surface area (Å²) in [6.45, 7) is 6.64. The maximum absolute atomic E-state index is 12.6. The maximum atomic E-state index is 12.6. The lowest BCUT2D eigenvalue weighted by molar-refractivity contribution is -0.143. The molecule has 6 nitrogen and oxygen atoms in total. The van der Waals surface area contributed by atoms with Gasteiger partial charge in [-0.1, -0.05) is 12.1 Å². The van der Waals surface area contributed by atoms with Crippen molar-refractivity contribution in [2.45, 2.75) is 39.4 Å². The summed E-state index contributed by atoms with van der Waals surface area (Å²) in [5.74, 6) is -0.200. The topological polar surface area (TPSA) is 65.1 Å². The van der Waals surface area contributed by atoms with E-state index in [1.165, 1.54) is 0 Å². The SMILES string of the molecule is CCOC(=O)CCc1ccc(C(=O)N(CC)CCC2OCCO2)cc1. The molecule has 0 aliphatic carbocycles. The van der Waals surface area contributed by atoms with Crippen molar-refractivity contribution in [1.29, 1.82) is 0 Å². The zero-order valence-corrected chi connectivity index (χ0v) is 15.0. The van der Waals surface area contributed by atoms with E-state index in [2.05, 4.69) is 0 Å². The lowest BCUT2D eigenvalue weighted by Gasteiger charge is -2.22. The largest absolute Gasteiger partial charge is 0.466 e. The van der Waals surface area contributed by atoms with Gasteiger partial charge in [0.25, 0.3) is 5.91 Å². The summed E-state index contributed by atoms with van der Waals surface area (Å²) < 4.78 is 15.7. The first-order valence-electron chi connectivity index (χ1n) is 8.91. The van der Waals surface area contributed by atoms with Crippen LogP contribution in [0.15, 0.2) is 24.3 Å². The van der Waals surface area contributed by atoms with Gasteiger partial charge in [0.2, 0.25) is 0 Å². The zero-order valence-electron chi connectivity index (χ0n) is 15.0. The third-order valence-corrected chi connectivity index (χ3v) is 4.12. The van der Waals surface area contributed by atoms with Crippen molar-refractivity contribution in [1.82, 2.24) is 4.90 Å². The van der Waals surface area contributed by atoms with Crippen LogP contribution in [-0.4, -0.2) is 56.0 Å². The molecule has 1 heterocycles. The standard InChI is InChI=1S/C19H27NO5/c1-3-20(12-11-18-24-13-14-25-18)19(22)16-8-5-15(6-9-16)7-10-17(21)23-4-2/h5-6,8-9,18H,3-4,7,10-14H2,1-2H3. The molecule has 0 atom stereocenters. The molecule has 6 heteroatoms. The Hall–Kier alpha value is -1.92. The van der Waals surface area contributed by atoms with Crippen LogP contribution < -0.4 is 0 Å². The van der Waals surface area contributed by atoms with Gasteiger partial charge in [-0.15, -0.1) is 0 Å². The minimum atomic E-state index is -0.202. The van der Waals surface area contributed by atoms with Gasteiger partial charge in [0.1, 0.15) is 0 Å². The van der Waals surface area contributed by atoms with Gasteiger partial charge in [-0.3, -0.25) is 9.59 Å². The average molecular weight is 349 g/mol. The fourth-order valence-corrected chi connectivity index (χ4v) is 2.71. The Labute approximate surface area is 149 Å². The van der Waals surface area contributed by atoms with Crippen LogP contribution in [0.1, 0.15) is 42.6 Å². The summed E-state index contributed by atoms with van der Waals surface area (Å²) >= 11 is 0. The highest BCUT2D eigenvalue weighted by atomic mass is 16.7. The second kappa shape index (κ2) is 10.2. The molecule has 1 aromatic rings. The summed E-state index contributed by atoms with van der Waals surface area (Å²) in [6.07, 6.45) is 1.44. The van der Waals surface area contributed by atoms with Crippen molar-refractivity contribution in [3.63, 3.8) is 0 Å². The molecular weight excluding hydrogens is 322 g/mol. The highest BCUT2D eigenvalue weighted by molar-refractivity contribution is 5.94. The van der Waals surface area contributed by atoms with Gasteiger partial charge in [0.15, 0.2) is 6.29 Å². The van der Waals surface area contributed by atoms with Gasteiger partial charge in [0.05, 0.1) is 19.8 Å². The Kier molecular flexibility index (Phi) is 7.88. The second-order valence-corrected chi connectivity index (χ2v) is 5.85. The van der Waals surface area contributed by atoms with Crippen molar-refractivity contribution >= 4 is 11.9 Å². The smallest absolute Gasteiger partial charge is 0.306 e. The van der Waals surface area contributed by atoms with E-state index >= 15 is 0 Å². The van der Waals surface area contributed by atoms with E-state index in [0.717, 1.165) is 5.56 Å². The lowest BCUT2D eigenvalue weighted by Crippen LogP contribution is -2.33. The second-order valence-electron chi connectivity index (χ2n) is 5.85. The van der Waals surface area contributed by atoms with Crippen LogP contribution in [0.2, 0.25) is 0 Å². The molecule has 1 aliphatic rings. The first-order valence-corrected chi connectivity index (χ1v) is 8.91. The van der Waals surface area contributed by atoms with E-state index in [1.54, 1.807) is 11.8 Å². The van der Waals surface area contributed by atoms with E-state index in [-0.39, 0.29) is 18.2 Å². The molecule has 1 saturated heterocycles. The number of benzene rings is 1. The number of hydrogen-bond donors (Lipinski definition) is 0. The summed E-state index contributed by atoms with van der Waals surface area (Å²) in [7, 11) is 0. The number of ether oxygens (including phenoxy) is 3. The van der Waals surface area contributed by atoms with Crippen molar-refractivity contribution in [3.05, 3.63) is 35.4 Å². The molecule has 0 aromatic heterocycles. The zero-order chi connectivity index (χ0) is 18.1. The fourth-order valence-electron chi connectivity index (χ4n) is 2.71. The Morgan fingerprint density at radius 1 is 1.16 bits per heavy atom. The number of esters is 1. The van der Waals surface area contributed by atoms with Crippen LogP contribution in [0.5, 0.6) is 0 Å². The molecule has 0 bridgehead atoms. The molecule has 1 fully saturated rings. The Morgan fingerprint density at radius 3 is 2.44 bits per heavy atom. The summed E-state index contributed by atoms with van der Waals surface area (Å²) in [5.41, 5.74) is 1.66. The summed E-state index contributed by atoms with van der Waals surface area (Å²) in [5, 5.41) is 0. The van der Waals surface area contributed by atoms with Crippen LogP contribution in [0, 0.1) is 0 Å². The quantitative estimate of drug-likeness (QED) is 0.641. The van der Waals surface area contributed by atoms with E-state index in [4.69, 9.17) is 14.2 Å². The normalized spacial score (nSPS) is 14.5. The van der Waals surface area contributed by atoms with E-state index in [0.29, 0.717) is 57.7 Å². The van der Waals surface area contributed by atoms with E-state index < -0.39 is 0 Å². The predicted molar refractivity (Wildman–Crippen MR) is 93.3 cm³/mol. The van der Waals surface area contributed by atoms with Crippen LogP contribution in [0.3, 0.4) is 0 Å². The fraction of sp³-hybridized carbons (Fsp3) is 0.579. The van der Waals surface area contributed by atoms with E-state index in [9.17, 15) is 9.59 Å². The van der Waals surface area contributed by atoms with Gasteiger partial charge in [-0.2, -0.15) is 0 Å². The molecular formula is C19H27NO5. The van der Waals surface area contributed by atoms with Gasteiger partial charge >= 0.3 is 5.97 Å². The number of carbonyl (C=O) groups excluding carboxylic acids is 2. The minimum absolute atomic E-state index is 0.00237. The molecule has 2 rings (SSSR count). The molecule has 0 N–H and O–H groups in total. The van der Waals surface area contributed by atoms with Crippen LogP contribution >= 0.6 is 0 Å². The third-order valence-electron chi connectivity index (χ3n) is 4.12.